The summed E-state index contributed by atoms with van der Waals surface area (Å²) in [5.41, 5.74) is 5.33. The molecule has 0 unspecified atom stereocenters. The Bertz CT molecular complexity index is 876. The van der Waals surface area contributed by atoms with E-state index >= 15 is 0 Å². The molecule has 1 heterocycles. The molecule has 0 saturated heterocycles. The molecule has 1 radical (unpaired) electrons. The lowest BCUT2D eigenvalue weighted by Crippen LogP contribution is -2.23. The maximum atomic E-state index is 11.8. The van der Waals surface area contributed by atoms with Crippen molar-refractivity contribution in [1.82, 2.24) is 4.98 Å². The Morgan fingerprint density at radius 3 is 2.38 bits per heavy atom. The molecular formula is C20H17N2O2. The summed E-state index contributed by atoms with van der Waals surface area (Å²) in [5, 5.41) is 9.67. The first kappa shape index (κ1) is 15.7. The highest BCUT2D eigenvalue weighted by molar-refractivity contribution is 5.95. The number of benzene rings is 2. The van der Waals surface area contributed by atoms with Gasteiger partial charge in [-0.05, 0) is 66.9 Å². The van der Waals surface area contributed by atoms with Gasteiger partial charge in [-0.25, -0.2) is 9.69 Å². The van der Waals surface area contributed by atoms with Gasteiger partial charge in [0.1, 0.15) is 0 Å². The molecule has 0 spiro atoms. The van der Waals surface area contributed by atoms with Gasteiger partial charge in [-0.2, -0.15) is 0 Å². The molecule has 4 heteroatoms. The van der Waals surface area contributed by atoms with Gasteiger partial charge in [0.2, 0.25) is 0 Å². The minimum absolute atomic E-state index is 0.582. The van der Waals surface area contributed by atoms with E-state index in [4.69, 9.17) is 0 Å². The lowest BCUT2D eigenvalue weighted by atomic mass is 9.97. The third kappa shape index (κ3) is 2.99. The Hall–Kier alpha value is -3.14. The van der Waals surface area contributed by atoms with E-state index in [2.05, 4.69) is 11.1 Å². The molecule has 1 amide bonds. The van der Waals surface area contributed by atoms with E-state index < -0.39 is 6.09 Å². The number of carbonyl (C=O) groups is 1. The number of aryl methyl sites for hydroxylation is 2. The Balaban J connectivity index is 2.14. The zero-order chi connectivity index (χ0) is 17.1. The summed E-state index contributed by atoms with van der Waals surface area (Å²) in [5.74, 6) is 0. The van der Waals surface area contributed by atoms with Crippen LogP contribution in [-0.2, 0) is 0 Å². The van der Waals surface area contributed by atoms with Crippen molar-refractivity contribution < 1.29 is 9.90 Å². The van der Waals surface area contributed by atoms with E-state index in [-0.39, 0.29) is 0 Å². The van der Waals surface area contributed by atoms with E-state index in [1.807, 2.05) is 44.3 Å². The van der Waals surface area contributed by atoms with Gasteiger partial charge in [-0.3, -0.25) is 4.98 Å². The van der Waals surface area contributed by atoms with Gasteiger partial charge in [0, 0.05) is 18.0 Å². The summed E-state index contributed by atoms with van der Waals surface area (Å²) < 4.78 is 0. The van der Waals surface area contributed by atoms with E-state index in [0.29, 0.717) is 11.4 Å². The number of hydrogen-bond donors (Lipinski definition) is 1. The van der Waals surface area contributed by atoms with Crippen molar-refractivity contribution in [3.63, 3.8) is 0 Å². The largest absolute Gasteiger partial charge is 0.464 e. The normalized spacial score (nSPS) is 10.4. The van der Waals surface area contributed by atoms with Crippen LogP contribution in [0.2, 0.25) is 0 Å². The third-order valence-electron chi connectivity index (χ3n) is 3.96. The highest BCUT2D eigenvalue weighted by atomic mass is 16.4. The number of nitrogens with zero attached hydrogens (tertiary/aromatic N) is 2. The Kier molecular flexibility index (Phi) is 4.29. The molecule has 4 nitrogen and oxygen atoms in total. The lowest BCUT2D eigenvalue weighted by Gasteiger charge is -2.21. The predicted molar refractivity (Wildman–Crippen MR) is 94.6 cm³/mol. The van der Waals surface area contributed by atoms with E-state index in [1.165, 1.54) is 4.90 Å². The van der Waals surface area contributed by atoms with Crippen molar-refractivity contribution in [2.75, 3.05) is 4.90 Å². The molecule has 3 aromatic rings. The number of aromatic nitrogens is 1. The Labute approximate surface area is 141 Å². The van der Waals surface area contributed by atoms with Crippen LogP contribution in [0.4, 0.5) is 16.2 Å². The first-order chi connectivity index (χ1) is 11.6. The summed E-state index contributed by atoms with van der Waals surface area (Å²) >= 11 is 0. The second-order valence-corrected chi connectivity index (χ2v) is 5.57. The number of amides is 1. The monoisotopic (exact) mass is 317 g/mol. The van der Waals surface area contributed by atoms with E-state index in [9.17, 15) is 9.90 Å². The molecule has 0 fully saturated rings. The molecule has 119 valence electrons. The fourth-order valence-corrected chi connectivity index (χ4v) is 2.68. The highest BCUT2D eigenvalue weighted by Gasteiger charge is 2.18. The van der Waals surface area contributed by atoms with E-state index in [1.54, 1.807) is 30.5 Å². The van der Waals surface area contributed by atoms with E-state index in [0.717, 1.165) is 22.3 Å². The maximum Gasteiger partial charge on any atom is 0.416 e. The summed E-state index contributed by atoms with van der Waals surface area (Å²) in [7, 11) is 0. The van der Waals surface area contributed by atoms with Gasteiger partial charge >= 0.3 is 6.09 Å². The molecule has 0 aliphatic heterocycles. The minimum atomic E-state index is -1.03. The van der Waals surface area contributed by atoms with Crippen LogP contribution in [0.3, 0.4) is 0 Å². The molecule has 0 aliphatic rings. The van der Waals surface area contributed by atoms with Crippen molar-refractivity contribution in [2.24, 2.45) is 0 Å². The maximum absolute atomic E-state index is 11.8. The fraction of sp³-hybridized carbons (Fsp3) is 0.100. The van der Waals surface area contributed by atoms with Crippen molar-refractivity contribution >= 4 is 17.5 Å². The molecule has 2 aromatic carbocycles. The number of hydrogen-bond acceptors (Lipinski definition) is 2. The quantitative estimate of drug-likeness (QED) is 0.741. The van der Waals surface area contributed by atoms with Crippen molar-refractivity contribution in [3.8, 4) is 11.1 Å². The lowest BCUT2D eigenvalue weighted by molar-refractivity contribution is 0.205. The molecule has 0 aliphatic carbocycles. The second kappa shape index (κ2) is 6.54. The molecule has 3 rings (SSSR count). The smallest absolute Gasteiger partial charge is 0.416 e. The zero-order valence-corrected chi connectivity index (χ0v) is 13.5. The topological polar surface area (TPSA) is 53.4 Å². The van der Waals surface area contributed by atoms with Crippen LogP contribution in [0.15, 0.2) is 60.9 Å². The summed E-state index contributed by atoms with van der Waals surface area (Å²) in [6, 6.07) is 17.3. The average Bonchev–Trinajstić information content (AvgIpc) is 2.58. The summed E-state index contributed by atoms with van der Waals surface area (Å²) in [6.07, 6.45) is 2.53. The van der Waals surface area contributed by atoms with Gasteiger partial charge in [0.05, 0.1) is 11.4 Å². The number of anilines is 2. The van der Waals surface area contributed by atoms with Crippen LogP contribution in [0, 0.1) is 19.9 Å². The van der Waals surface area contributed by atoms with Gasteiger partial charge in [0.15, 0.2) is 0 Å². The predicted octanol–water partition coefficient (Wildman–Crippen LogP) is 4.98. The standard InChI is InChI=1S/C20H17N2O2/c1-14-8-9-17(12-18(14)19-13-21-11-10-15(19)2)22(20(23)24)16-6-4-3-5-7-16/h4-13H,1-2H3,(H,23,24). The van der Waals surface area contributed by atoms with Crippen molar-refractivity contribution in [2.45, 2.75) is 13.8 Å². The van der Waals surface area contributed by atoms with Crippen LogP contribution in [-0.4, -0.2) is 16.2 Å². The SMILES string of the molecule is Cc1ccncc1-c1cc(N(C(=O)O)c2cc[c]cc2)ccc1C. The Morgan fingerprint density at radius 2 is 1.71 bits per heavy atom. The third-order valence-corrected chi connectivity index (χ3v) is 3.96. The van der Waals surface area contributed by atoms with Gasteiger partial charge in [-0.1, -0.05) is 18.2 Å². The first-order valence-corrected chi connectivity index (χ1v) is 7.59. The van der Waals surface area contributed by atoms with Crippen LogP contribution in [0.25, 0.3) is 11.1 Å². The molecule has 0 bridgehead atoms. The van der Waals surface area contributed by atoms with Gasteiger partial charge in [0.25, 0.3) is 0 Å². The van der Waals surface area contributed by atoms with Gasteiger partial charge in [-0.15, -0.1) is 0 Å². The molecule has 0 atom stereocenters. The summed E-state index contributed by atoms with van der Waals surface area (Å²) in [4.78, 5) is 17.3. The molecule has 0 saturated carbocycles. The number of carboxylic acid groups (broad SMARTS) is 1. The summed E-state index contributed by atoms with van der Waals surface area (Å²) in [6.45, 7) is 4.03. The first-order valence-electron chi connectivity index (χ1n) is 7.59. The zero-order valence-electron chi connectivity index (χ0n) is 13.5. The van der Waals surface area contributed by atoms with Crippen LogP contribution < -0.4 is 4.90 Å². The molecule has 1 N–H and O–H groups in total. The molecule has 24 heavy (non-hydrogen) atoms. The Morgan fingerprint density at radius 1 is 1.00 bits per heavy atom. The van der Waals surface area contributed by atoms with Crippen LogP contribution in [0.5, 0.6) is 0 Å². The minimum Gasteiger partial charge on any atom is -0.464 e. The highest BCUT2D eigenvalue weighted by Crippen LogP contribution is 2.33. The average molecular weight is 317 g/mol. The van der Waals surface area contributed by atoms with Crippen molar-refractivity contribution in [3.05, 3.63) is 78.1 Å². The van der Waals surface area contributed by atoms with Crippen LogP contribution >= 0.6 is 0 Å². The molecular weight excluding hydrogens is 300 g/mol. The van der Waals surface area contributed by atoms with Crippen molar-refractivity contribution in [1.29, 1.82) is 0 Å². The number of rotatable bonds is 3. The van der Waals surface area contributed by atoms with Crippen LogP contribution in [0.1, 0.15) is 11.1 Å². The number of pyridine rings is 1. The fourth-order valence-electron chi connectivity index (χ4n) is 2.68. The van der Waals surface area contributed by atoms with Gasteiger partial charge < -0.3 is 5.11 Å². The second-order valence-electron chi connectivity index (χ2n) is 5.57. The molecule has 1 aromatic heterocycles.